The zero-order chi connectivity index (χ0) is 14.1. The minimum absolute atomic E-state index is 0.399. The van der Waals surface area contributed by atoms with E-state index in [9.17, 15) is 0 Å². The maximum atomic E-state index is 5.89. The first-order chi connectivity index (χ1) is 9.24. The van der Waals surface area contributed by atoms with Crippen LogP contribution in [-0.2, 0) is 6.42 Å². The fourth-order valence-corrected chi connectivity index (χ4v) is 1.91. The Morgan fingerprint density at radius 3 is 2.53 bits per heavy atom. The van der Waals surface area contributed by atoms with Crippen molar-refractivity contribution in [1.29, 1.82) is 0 Å². The summed E-state index contributed by atoms with van der Waals surface area (Å²) < 4.78 is 11.3. The second-order valence-electron chi connectivity index (χ2n) is 4.71. The molecule has 0 aliphatic carbocycles. The predicted molar refractivity (Wildman–Crippen MR) is 80.2 cm³/mol. The molecular formula is C16H27NO2. The van der Waals surface area contributed by atoms with Crippen LogP contribution in [0, 0.1) is 0 Å². The molecule has 0 spiro atoms. The summed E-state index contributed by atoms with van der Waals surface area (Å²) in [6.45, 7) is 8.20. The topological polar surface area (TPSA) is 30.5 Å². The van der Waals surface area contributed by atoms with Crippen molar-refractivity contribution in [2.45, 2.75) is 46.1 Å². The van der Waals surface area contributed by atoms with Crippen LogP contribution in [0.15, 0.2) is 18.2 Å². The SMILES string of the molecule is CCCNC(CC)COc1ccc(CC)cc1OC. The van der Waals surface area contributed by atoms with Crippen molar-refractivity contribution in [3.8, 4) is 11.5 Å². The number of ether oxygens (including phenoxy) is 2. The molecule has 0 aliphatic heterocycles. The third-order valence-electron chi connectivity index (χ3n) is 3.25. The number of methoxy groups -OCH3 is 1. The normalized spacial score (nSPS) is 12.2. The van der Waals surface area contributed by atoms with Crippen LogP contribution in [0.4, 0.5) is 0 Å². The second kappa shape index (κ2) is 8.81. The monoisotopic (exact) mass is 265 g/mol. The molecule has 0 saturated heterocycles. The maximum absolute atomic E-state index is 5.89. The lowest BCUT2D eigenvalue weighted by Crippen LogP contribution is -2.34. The standard InChI is InChI=1S/C16H27NO2/c1-5-10-17-14(7-3)12-19-15-9-8-13(6-2)11-16(15)18-4/h8-9,11,14,17H,5-7,10,12H2,1-4H3. The number of hydrogen-bond acceptors (Lipinski definition) is 3. The van der Waals surface area contributed by atoms with Gasteiger partial charge in [-0.25, -0.2) is 0 Å². The average Bonchev–Trinajstić information content (AvgIpc) is 2.47. The third-order valence-corrected chi connectivity index (χ3v) is 3.25. The Hall–Kier alpha value is -1.22. The van der Waals surface area contributed by atoms with Crippen LogP contribution in [0.5, 0.6) is 11.5 Å². The summed E-state index contributed by atoms with van der Waals surface area (Å²) in [4.78, 5) is 0. The number of rotatable bonds is 9. The van der Waals surface area contributed by atoms with E-state index in [-0.39, 0.29) is 0 Å². The van der Waals surface area contributed by atoms with Gasteiger partial charge in [0.05, 0.1) is 7.11 Å². The van der Waals surface area contributed by atoms with Gasteiger partial charge in [-0.1, -0.05) is 26.8 Å². The first-order valence-corrected chi connectivity index (χ1v) is 7.28. The summed E-state index contributed by atoms with van der Waals surface area (Å²) in [7, 11) is 1.69. The van der Waals surface area contributed by atoms with Crippen molar-refractivity contribution in [2.24, 2.45) is 0 Å². The molecule has 0 bridgehead atoms. The van der Waals surface area contributed by atoms with E-state index in [0.717, 1.165) is 37.3 Å². The van der Waals surface area contributed by atoms with Crippen LogP contribution in [0.3, 0.4) is 0 Å². The molecule has 0 radical (unpaired) electrons. The highest BCUT2D eigenvalue weighted by Crippen LogP contribution is 2.28. The molecule has 1 unspecified atom stereocenters. The molecular weight excluding hydrogens is 238 g/mol. The van der Waals surface area contributed by atoms with E-state index in [1.165, 1.54) is 5.56 Å². The van der Waals surface area contributed by atoms with Gasteiger partial charge in [-0.05, 0) is 43.5 Å². The molecule has 1 rings (SSSR count). The van der Waals surface area contributed by atoms with E-state index in [0.29, 0.717) is 12.6 Å². The summed E-state index contributed by atoms with van der Waals surface area (Å²) in [6.07, 6.45) is 3.21. The molecule has 1 atom stereocenters. The van der Waals surface area contributed by atoms with Crippen LogP contribution in [0.25, 0.3) is 0 Å². The highest BCUT2D eigenvalue weighted by Gasteiger charge is 2.09. The Labute approximate surface area is 117 Å². The van der Waals surface area contributed by atoms with Crippen LogP contribution in [-0.4, -0.2) is 26.3 Å². The molecule has 0 fully saturated rings. The van der Waals surface area contributed by atoms with E-state index >= 15 is 0 Å². The molecule has 0 aromatic heterocycles. The first-order valence-electron chi connectivity index (χ1n) is 7.28. The van der Waals surface area contributed by atoms with E-state index in [1.54, 1.807) is 7.11 Å². The minimum Gasteiger partial charge on any atom is -0.493 e. The van der Waals surface area contributed by atoms with Crippen molar-refractivity contribution in [3.63, 3.8) is 0 Å². The van der Waals surface area contributed by atoms with Gasteiger partial charge in [0.15, 0.2) is 11.5 Å². The number of aryl methyl sites for hydroxylation is 1. The molecule has 0 aliphatic rings. The van der Waals surface area contributed by atoms with Crippen molar-refractivity contribution < 1.29 is 9.47 Å². The molecule has 19 heavy (non-hydrogen) atoms. The number of hydrogen-bond donors (Lipinski definition) is 1. The Balaban J connectivity index is 2.60. The lowest BCUT2D eigenvalue weighted by Gasteiger charge is -2.18. The third kappa shape index (κ3) is 5.11. The van der Waals surface area contributed by atoms with Crippen molar-refractivity contribution in [2.75, 3.05) is 20.3 Å². The van der Waals surface area contributed by atoms with Gasteiger partial charge in [0.1, 0.15) is 6.61 Å². The Morgan fingerprint density at radius 1 is 1.16 bits per heavy atom. The molecule has 0 amide bonds. The number of nitrogens with one attached hydrogen (secondary N) is 1. The van der Waals surface area contributed by atoms with Crippen LogP contribution >= 0.6 is 0 Å². The van der Waals surface area contributed by atoms with Crippen LogP contribution in [0.2, 0.25) is 0 Å². The average molecular weight is 265 g/mol. The van der Waals surface area contributed by atoms with Gasteiger partial charge in [-0.15, -0.1) is 0 Å². The van der Waals surface area contributed by atoms with Gasteiger partial charge in [0.2, 0.25) is 0 Å². The van der Waals surface area contributed by atoms with Gasteiger partial charge in [-0.2, -0.15) is 0 Å². The highest BCUT2D eigenvalue weighted by atomic mass is 16.5. The largest absolute Gasteiger partial charge is 0.493 e. The summed E-state index contributed by atoms with van der Waals surface area (Å²) in [5, 5.41) is 3.48. The molecule has 1 aromatic rings. The van der Waals surface area contributed by atoms with E-state index in [4.69, 9.17) is 9.47 Å². The summed E-state index contributed by atoms with van der Waals surface area (Å²) in [6, 6.07) is 6.55. The lowest BCUT2D eigenvalue weighted by molar-refractivity contribution is 0.248. The van der Waals surface area contributed by atoms with Crippen molar-refractivity contribution >= 4 is 0 Å². The van der Waals surface area contributed by atoms with E-state index in [2.05, 4.69) is 38.2 Å². The fraction of sp³-hybridized carbons (Fsp3) is 0.625. The Bertz CT molecular complexity index is 366. The zero-order valence-corrected chi connectivity index (χ0v) is 12.7. The van der Waals surface area contributed by atoms with Crippen LogP contribution < -0.4 is 14.8 Å². The Morgan fingerprint density at radius 2 is 1.95 bits per heavy atom. The van der Waals surface area contributed by atoms with Gasteiger partial charge in [0, 0.05) is 6.04 Å². The van der Waals surface area contributed by atoms with Gasteiger partial charge in [-0.3, -0.25) is 0 Å². The van der Waals surface area contributed by atoms with Crippen LogP contribution in [0.1, 0.15) is 39.2 Å². The highest BCUT2D eigenvalue weighted by molar-refractivity contribution is 5.42. The predicted octanol–water partition coefficient (Wildman–Crippen LogP) is 3.41. The molecule has 1 aromatic carbocycles. The first kappa shape index (κ1) is 15.8. The van der Waals surface area contributed by atoms with E-state index < -0.39 is 0 Å². The van der Waals surface area contributed by atoms with Gasteiger partial charge < -0.3 is 14.8 Å². The molecule has 3 heteroatoms. The summed E-state index contributed by atoms with van der Waals surface area (Å²) >= 11 is 0. The van der Waals surface area contributed by atoms with Crippen molar-refractivity contribution in [3.05, 3.63) is 23.8 Å². The van der Waals surface area contributed by atoms with Crippen molar-refractivity contribution in [1.82, 2.24) is 5.32 Å². The minimum atomic E-state index is 0.399. The lowest BCUT2D eigenvalue weighted by atomic mass is 10.1. The van der Waals surface area contributed by atoms with Gasteiger partial charge in [0.25, 0.3) is 0 Å². The molecule has 108 valence electrons. The molecule has 1 N–H and O–H groups in total. The second-order valence-corrected chi connectivity index (χ2v) is 4.71. The van der Waals surface area contributed by atoms with Gasteiger partial charge >= 0.3 is 0 Å². The summed E-state index contributed by atoms with van der Waals surface area (Å²) in [5.41, 5.74) is 1.26. The fourth-order valence-electron chi connectivity index (χ4n) is 1.91. The Kier molecular flexibility index (Phi) is 7.34. The quantitative estimate of drug-likeness (QED) is 0.742. The van der Waals surface area contributed by atoms with E-state index in [1.807, 2.05) is 6.07 Å². The molecule has 0 heterocycles. The summed E-state index contributed by atoms with van der Waals surface area (Å²) in [5.74, 6) is 1.65. The zero-order valence-electron chi connectivity index (χ0n) is 12.7. The maximum Gasteiger partial charge on any atom is 0.161 e. The molecule has 0 saturated carbocycles. The molecule has 3 nitrogen and oxygen atoms in total. The smallest absolute Gasteiger partial charge is 0.161 e. The number of benzene rings is 1.